The van der Waals surface area contributed by atoms with Crippen LogP contribution in [0.2, 0.25) is 0 Å². The Hall–Kier alpha value is -1.06. The number of likely N-dealkylation sites (tertiary alicyclic amines) is 2. The predicted octanol–water partition coefficient (Wildman–Crippen LogP) is 2.04. The summed E-state index contributed by atoms with van der Waals surface area (Å²) in [4.78, 5) is 27.8. The van der Waals surface area contributed by atoms with E-state index in [9.17, 15) is 9.59 Å². The molecule has 2 fully saturated rings. The van der Waals surface area contributed by atoms with Gasteiger partial charge in [-0.25, -0.2) is 0 Å². The molecule has 0 bridgehead atoms. The van der Waals surface area contributed by atoms with Gasteiger partial charge in [0.1, 0.15) is 0 Å². The van der Waals surface area contributed by atoms with E-state index in [-0.39, 0.29) is 11.8 Å². The van der Waals surface area contributed by atoms with Crippen LogP contribution < -0.4 is 0 Å². The van der Waals surface area contributed by atoms with Gasteiger partial charge in [0.15, 0.2) is 0 Å². The summed E-state index contributed by atoms with van der Waals surface area (Å²) in [6.07, 6.45) is 5.65. The molecule has 2 amide bonds. The van der Waals surface area contributed by atoms with Crippen molar-refractivity contribution in [3.05, 3.63) is 0 Å². The lowest BCUT2D eigenvalue weighted by Crippen LogP contribution is -2.41. The Balaban J connectivity index is 1.85. The maximum atomic E-state index is 12.4. The van der Waals surface area contributed by atoms with Crippen molar-refractivity contribution < 1.29 is 9.59 Å². The van der Waals surface area contributed by atoms with Gasteiger partial charge in [0.2, 0.25) is 11.8 Å². The van der Waals surface area contributed by atoms with E-state index in [1.165, 1.54) is 12.8 Å². The van der Waals surface area contributed by atoms with Crippen LogP contribution in [0.25, 0.3) is 0 Å². The fourth-order valence-corrected chi connectivity index (χ4v) is 3.19. The molecule has 0 aliphatic carbocycles. The number of hydrogen-bond acceptors (Lipinski definition) is 2. The number of nitrogens with zero attached hydrogens (tertiary/aromatic N) is 2. The van der Waals surface area contributed by atoms with Gasteiger partial charge in [-0.3, -0.25) is 9.59 Å². The topological polar surface area (TPSA) is 40.6 Å². The van der Waals surface area contributed by atoms with Crippen molar-refractivity contribution >= 4 is 11.8 Å². The van der Waals surface area contributed by atoms with Crippen molar-refractivity contribution in [1.29, 1.82) is 0 Å². The van der Waals surface area contributed by atoms with Crippen LogP contribution in [0.5, 0.6) is 0 Å². The molecule has 2 aliphatic heterocycles. The zero-order valence-corrected chi connectivity index (χ0v) is 12.2. The highest BCUT2D eigenvalue weighted by atomic mass is 16.2. The monoisotopic (exact) mass is 266 g/mol. The lowest BCUT2D eigenvalue weighted by atomic mass is 10.1. The third-order valence-electron chi connectivity index (χ3n) is 4.45. The lowest BCUT2D eigenvalue weighted by Gasteiger charge is -2.29. The molecule has 19 heavy (non-hydrogen) atoms. The molecular weight excluding hydrogens is 240 g/mol. The first kappa shape index (κ1) is 14.4. The largest absolute Gasteiger partial charge is 0.342 e. The van der Waals surface area contributed by atoms with Crippen LogP contribution in [0, 0.1) is 5.92 Å². The molecule has 2 aliphatic rings. The van der Waals surface area contributed by atoms with E-state index in [4.69, 9.17) is 0 Å². The molecule has 0 radical (unpaired) electrons. The zero-order chi connectivity index (χ0) is 13.8. The van der Waals surface area contributed by atoms with Crippen LogP contribution in [0.4, 0.5) is 0 Å². The normalized spacial score (nSPS) is 28.6. The van der Waals surface area contributed by atoms with E-state index in [0.29, 0.717) is 31.3 Å². The minimum atomic E-state index is 0.213. The van der Waals surface area contributed by atoms with Crippen molar-refractivity contribution in [3.63, 3.8) is 0 Å². The molecule has 0 saturated carbocycles. The van der Waals surface area contributed by atoms with Crippen molar-refractivity contribution in [1.82, 2.24) is 9.80 Å². The fraction of sp³-hybridized carbons (Fsp3) is 0.867. The molecule has 2 rings (SSSR count). The number of carbonyl (C=O) groups excluding carboxylic acids is 2. The first-order chi connectivity index (χ1) is 9.08. The van der Waals surface area contributed by atoms with Gasteiger partial charge in [-0.1, -0.05) is 13.3 Å². The fourth-order valence-electron chi connectivity index (χ4n) is 3.19. The van der Waals surface area contributed by atoms with Gasteiger partial charge >= 0.3 is 0 Å². The zero-order valence-electron chi connectivity index (χ0n) is 12.2. The summed E-state index contributed by atoms with van der Waals surface area (Å²) >= 11 is 0. The summed E-state index contributed by atoms with van der Waals surface area (Å²) in [5.41, 5.74) is 0. The average molecular weight is 266 g/mol. The van der Waals surface area contributed by atoms with Gasteiger partial charge in [-0.05, 0) is 32.1 Å². The Labute approximate surface area is 116 Å². The van der Waals surface area contributed by atoms with Gasteiger partial charge in [0, 0.05) is 38.5 Å². The van der Waals surface area contributed by atoms with Gasteiger partial charge < -0.3 is 9.80 Å². The van der Waals surface area contributed by atoms with Gasteiger partial charge in [0.25, 0.3) is 0 Å². The molecule has 2 unspecified atom stereocenters. The van der Waals surface area contributed by atoms with Crippen molar-refractivity contribution in [2.24, 2.45) is 5.92 Å². The van der Waals surface area contributed by atoms with Gasteiger partial charge in [-0.2, -0.15) is 0 Å². The smallest absolute Gasteiger partial charge is 0.224 e. The lowest BCUT2D eigenvalue weighted by molar-refractivity contribution is -0.134. The molecule has 0 aromatic rings. The van der Waals surface area contributed by atoms with Gasteiger partial charge in [0.05, 0.1) is 0 Å². The number of hydrogen-bond donors (Lipinski definition) is 0. The Bertz CT molecular complexity index is 343. The Morgan fingerprint density at radius 1 is 1.26 bits per heavy atom. The summed E-state index contributed by atoms with van der Waals surface area (Å²) in [7, 11) is 0. The highest BCUT2D eigenvalue weighted by Gasteiger charge is 2.26. The van der Waals surface area contributed by atoms with E-state index in [1.54, 1.807) is 0 Å². The van der Waals surface area contributed by atoms with E-state index in [1.807, 2.05) is 9.80 Å². The standard InChI is InChI=1S/C15H26N2O2/c1-12-5-3-6-13(2)17(11-12)15(19)8-10-16-9-4-7-14(16)18/h12-13H,3-11H2,1-2H3. The molecule has 2 saturated heterocycles. The van der Waals surface area contributed by atoms with E-state index < -0.39 is 0 Å². The SMILES string of the molecule is CC1CCCC(C)N(C(=O)CCN2CCCC2=O)C1. The first-order valence-electron chi connectivity index (χ1n) is 7.65. The van der Waals surface area contributed by atoms with Crippen LogP contribution in [0.3, 0.4) is 0 Å². The summed E-state index contributed by atoms with van der Waals surface area (Å²) in [5, 5.41) is 0. The van der Waals surface area contributed by atoms with E-state index >= 15 is 0 Å². The molecule has 4 nitrogen and oxygen atoms in total. The molecule has 4 heteroatoms. The summed E-state index contributed by atoms with van der Waals surface area (Å²) < 4.78 is 0. The minimum absolute atomic E-state index is 0.213. The average Bonchev–Trinajstić information content (AvgIpc) is 2.70. The van der Waals surface area contributed by atoms with Crippen LogP contribution in [-0.4, -0.2) is 47.3 Å². The number of rotatable bonds is 3. The second-order valence-corrected chi connectivity index (χ2v) is 6.17. The van der Waals surface area contributed by atoms with Crippen LogP contribution in [0.1, 0.15) is 52.4 Å². The second-order valence-electron chi connectivity index (χ2n) is 6.17. The third kappa shape index (κ3) is 3.71. The molecule has 0 spiro atoms. The highest BCUT2D eigenvalue weighted by molar-refractivity contribution is 5.80. The summed E-state index contributed by atoms with van der Waals surface area (Å²) in [5.74, 6) is 1.04. The molecular formula is C15H26N2O2. The Kier molecular flexibility index (Phi) is 4.83. The molecule has 2 heterocycles. The van der Waals surface area contributed by atoms with Crippen molar-refractivity contribution in [2.75, 3.05) is 19.6 Å². The van der Waals surface area contributed by atoms with E-state index in [0.717, 1.165) is 25.9 Å². The third-order valence-corrected chi connectivity index (χ3v) is 4.45. The van der Waals surface area contributed by atoms with Gasteiger partial charge in [-0.15, -0.1) is 0 Å². The summed E-state index contributed by atoms with van der Waals surface area (Å²) in [6.45, 7) is 6.69. The molecule has 0 N–H and O–H groups in total. The Morgan fingerprint density at radius 2 is 2.05 bits per heavy atom. The quantitative estimate of drug-likeness (QED) is 0.784. The predicted molar refractivity (Wildman–Crippen MR) is 74.6 cm³/mol. The molecule has 0 aromatic heterocycles. The Morgan fingerprint density at radius 3 is 2.74 bits per heavy atom. The van der Waals surface area contributed by atoms with Crippen LogP contribution in [0.15, 0.2) is 0 Å². The highest BCUT2D eigenvalue weighted by Crippen LogP contribution is 2.21. The van der Waals surface area contributed by atoms with Crippen LogP contribution >= 0.6 is 0 Å². The second kappa shape index (κ2) is 6.40. The molecule has 108 valence electrons. The molecule has 2 atom stereocenters. The first-order valence-corrected chi connectivity index (χ1v) is 7.65. The van der Waals surface area contributed by atoms with Crippen LogP contribution in [-0.2, 0) is 9.59 Å². The number of amides is 2. The summed E-state index contributed by atoms with van der Waals surface area (Å²) in [6, 6.07) is 0.353. The maximum absolute atomic E-state index is 12.4. The van der Waals surface area contributed by atoms with Crippen molar-refractivity contribution in [3.8, 4) is 0 Å². The maximum Gasteiger partial charge on any atom is 0.224 e. The number of carbonyl (C=O) groups is 2. The van der Waals surface area contributed by atoms with E-state index in [2.05, 4.69) is 13.8 Å². The van der Waals surface area contributed by atoms with Crippen molar-refractivity contribution in [2.45, 2.75) is 58.4 Å². The molecule has 0 aromatic carbocycles. The minimum Gasteiger partial charge on any atom is -0.342 e.